The Morgan fingerprint density at radius 3 is 2.22 bits per heavy atom. The zero-order valence-corrected chi connectivity index (χ0v) is 18.3. The van der Waals surface area contributed by atoms with Crippen molar-refractivity contribution < 1.29 is 26.7 Å². The third-order valence-electron chi connectivity index (χ3n) is 4.80. The first-order valence-corrected chi connectivity index (χ1v) is 11.1. The average molecular weight is 461 g/mol. The van der Waals surface area contributed by atoms with Crippen LogP contribution in [0.4, 0.5) is 14.5 Å². The maximum atomic E-state index is 14.5. The second-order valence-electron chi connectivity index (χ2n) is 6.98. The van der Waals surface area contributed by atoms with Gasteiger partial charge in [-0.25, -0.2) is 17.2 Å². The van der Waals surface area contributed by atoms with E-state index in [1.54, 1.807) is 6.92 Å². The maximum Gasteiger partial charge on any atom is 0.264 e. The normalized spacial score (nSPS) is 12.1. The lowest BCUT2D eigenvalue weighted by Gasteiger charge is -2.25. The van der Waals surface area contributed by atoms with Crippen molar-refractivity contribution >= 4 is 21.6 Å². The number of methoxy groups -OCH3 is 1. The van der Waals surface area contributed by atoms with E-state index in [2.05, 4.69) is 5.32 Å². The van der Waals surface area contributed by atoms with Gasteiger partial charge in [-0.2, -0.15) is 0 Å². The van der Waals surface area contributed by atoms with Gasteiger partial charge in [-0.1, -0.05) is 24.3 Å². The number of rotatable bonds is 8. The third-order valence-corrected chi connectivity index (χ3v) is 6.58. The van der Waals surface area contributed by atoms with Crippen LogP contribution in [0.5, 0.6) is 5.75 Å². The van der Waals surface area contributed by atoms with E-state index in [0.717, 1.165) is 10.4 Å². The van der Waals surface area contributed by atoms with Crippen molar-refractivity contribution in [2.45, 2.75) is 17.9 Å². The van der Waals surface area contributed by atoms with Crippen LogP contribution in [0.25, 0.3) is 0 Å². The van der Waals surface area contributed by atoms with Crippen molar-refractivity contribution in [3.8, 4) is 5.75 Å². The van der Waals surface area contributed by atoms with Crippen LogP contribution >= 0.6 is 0 Å². The monoisotopic (exact) mass is 460 g/mol. The molecule has 168 valence electrons. The van der Waals surface area contributed by atoms with Crippen LogP contribution in [0.2, 0.25) is 0 Å². The minimum absolute atomic E-state index is 0.124. The van der Waals surface area contributed by atoms with Gasteiger partial charge < -0.3 is 10.1 Å². The molecule has 0 aromatic heterocycles. The van der Waals surface area contributed by atoms with Gasteiger partial charge in [0.25, 0.3) is 10.0 Å². The van der Waals surface area contributed by atoms with E-state index in [-0.39, 0.29) is 10.6 Å². The second-order valence-corrected chi connectivity index (χ2v) is 8.84. The Kier molecular flexibility index (Phi) is 7.09. The van der Waals surface area contributed by atoms with Crippen LogP contribution < -0.4 is 14.4 Å². The molecule has 0 aliphatic rings. The number of carbonyl (C=O) groups is 1. The zero-order valence-electron chi connectivity index (χ0n) is 17.5. The highest BCUT2D eigenvalue weighted by atomic mass is 32.2. The Hall–Kier alpha value is -3.46. The highest BCUT2D eigenvalue weighted by Gasteiger charge is 2.29. The first-order valence-electron chi connectivity index (χ1n) is 9.68. The molecule has 0 saturated carbocycles. The van der Waals surface area contributed by atoms with Crippen molar-refractivity contribution in [3.63, 3.8) is 0 Å². The first kappa shape index (κ1) is 23.2. The van der Waals surface area contributed by atoms with Crippen molar-refractivity contribution in [2.75, 3.05) is 18.0 Å². The van der Waals surface area contributed by atoms with Gasteiger partial charge in [-0.3, -0.25) is 9.10 Å². The van der Waals surface area contributed by atoms with Crippen molar-refractivity contribution in [1.82, 2.24) is 5.32 Å². The van der Waals surface area contributed by atoms with Gasteiger partial charge in [0.05, 0.1) is 23.7 Å². The molecular weight excluding hydrogens is 438 g/mol. The number of ether oxygens (including phenoxy) is 1. The fourth-order valence-corrected chi connectivity index (χ4v) is 4.51. The fourth-order valence-electron chi connectivity index (χ4n) is 3.08. The van der Waals surface area contributed by atoms with E-state index in [1.165, 1.54) is 73.8 Å². The van der Waals surface area contributed by atoms with Gasteiger partial charge in [-0.15, -0.1) is 0 Å². The Morgan fingerprint density at radius 2 is 1.62 bits per heavy atom. The lowest BCUT2D eigenvalue weighted by atomic mass is 10.1. The highest BCUT2D eigenvalue weighted by molar-refractivity contribution is 7.92. The molecule has 0 saturated heterocycles. The fraction of sp³-hybridized carbons (Fsp3) is 0.174. The predicted molar refractivity (Wildman–Crippen MR) is 117 cm³/mol. The number of hydrogen-bond acceptors (Lipinski definition) is 4. The summed E-state index contributed by atoms with van der Waals surface area (Å²) in [6.45, 7) is 1.03. The van der Waals surface area contributed by atoms with Gasteiger partial charge in [0.1, 0.15) is 23.9 Å². The van der Waals surface area contributed by atoms with Crippen molar-refractivity contribution in [2.24, 2.45) is 0 Å². The summed E-state index contributed by atoms with van der Waals surface area (Å²) in [5, 5.41) is 2.67. The summed E-state index contributed by atoms with van der Waals surface area (Å²) in [6.07, 6.45) is 0. The Labute approximate surface area is 185 Å². The van der Waals surface area contributed by atoms with Gasteiger partial charge in [0.15, 0.2) is 0 Å². The standard InChI is InChI=1S/C23H22F2N2O4S/c1-16(17-7-9-18(24)10-8-17)26-23(28)15-27(22-6-4-3-5-21(22)25)32(29,30)20-13-11-19(31-2)12-14-20/h3-14,16H,15H2,1-2H3,(H,26,28). The summed E-state index contributed by atoms with van der Waals surface area (Å²) in [7, 11) is -2.83. The molecule has 1 amide bonds. The van der Waals surface area contributed by atoms with Gasteiger partial charge in [-0.05, 0) is 61.0 Å². The Morgan fingerprint density at radius 1 is 1.00 bits per heavy atom. The molecule has 1 N–H and O–H groups in total. The van der Waals surface area contributed by atoms with E-state index in [9.17, 15) is 22.0 Å². The molecule has 0 heterocycles. The predicted octanol–water partition coefficient (Wildman–Crippen LogP) is 4.05. The number of carbonyl (C=O) groups excluding carboxylic acids is 1. The lowest BCUT2D eigenvalue weighted by molar-refractivity contribution is -0.120. The third kappa shape index (κ3) is 5.23. The molecule has 3 aromatic rings. The number of sulfonamides is 1. The van der Waals surface area contributed by atoms with Crippen LogP contribution in [-0.2, 0) is 14.8 Å². The molecule has 0 bridgehead atoms. The van der Waals surface area contributed by atoms with E-state index in [1.807, 2.05) is 0 Å². The van der Waals surface area contributed by atoms with Crippen LogP contribution in [0.1, 0.15) is 18.5 Å². The molecule has 0 aliphatic carbocycles. The number of nitrogens with zero attached hydrogens (tertiary/aromatic N) is 1. The van der Waals surface area contributed by atoms with E-state index in [0.29, 0.717) is 11.3 Å². The Bertz CT molecular complexity index is 1180. The van der Waals surface area contributed by atoms with Crippen molar-refractivity contribution in [3.05, 3.63) is 90.0 Å². The molecule has 0 fully saturated rings. The topological polar surface area (TPSA) is 75.7 Å². The second kappa shape index (κ2) is 9.78. The van der Waals surface area contributed by atoms with Crippen LogP contribution in [-0.4, -0.2) is 28.0 Å². The van der Waals surface area contributed by atoms with Crippen LogP contribution in [0, 0.1) is 11.6 Å². The molecule has 0 radical (unpaired) electrons. The quantitative estimate of drug-likeness (QED) is 0.550. The summed E-state index contributed by atoms with van der Waals surface area (Å²) in [5.74, 6) is -1.40. The first-order chi connectivity index (χ1) is 15.2. The number of hydrogen-bond donors (Lipinski definition) is 1. The van der Waals surface area contributed by atoms with E-state index >= 15 is 0 Å². The minimum Gasteiger partial charge on any atom is -0.497 e. The van der Waals surface area contributed by atoms with Gasteiger partial charge in [0, 0.05) is 0 Å². The molecule has 6 nitrogen and oxygen atoms in total. The number of benzene rings is 3. The van der Waals surface area contributed by atoms with Gasteiger partial charge in [0.2, 0.25) is 5.91 Å². The average Bonchev–Trinajstić information content (AvgIpc) is 2.78. The molecule has 9 heteroatoms. The molecule has 1 atom stereocenters. The maximum absolute atomic E-state index is 14.5. The summed E-state index contributed by atoms with van der Waals surface area (Å²) in [6, 6.07) is 15.9. The molecular formula is C23H22F2N2O4S. The Balaban J connectivity index is 1.90. The largest absolute Gasteiger partial charge is 0.497 e. The van der Waals surface area contributed by atoms with Crippen LogP contribution in [0.15, 0.2) is 77.7 Å². The smallest absolute Gasteiger partial charge is 0.264 e. The van der Waals surface area contributed by atoms with E-state index in [4.69, 9.17) is 4.74 Å². The highest BCUT2D eigenvalue weighted by Crippen LogP contribution is 2.27. The number of anilines is 1. The summed E-state index contributed by atoms with van der Waals surface area (Å²) >= 11 is 0. The molecule has 1 unspecified atom stereocenters. The van der Waals surface area contributed by atoms with E-state index < -0.39 is 40.2 Å². The number of nitrogens with one attached hydrogen (secondary N) is 1. The van der Waals surface area contributed by atoms with Crippen LogP contribution in [0.3, 0.4) is 0 Å². The zero-order chi connectivity index (χ0) is 23.3. The number of halogens is 2. The van der Waals surface area contributed by atoms with Crippen molar-refractivity contribution in [1.29, 1.82) is 0 Å². The molecule has 0 spiro atoms. The molecule has 32 heavy (non-hydrogen) atoms. The minimum atomic E-state index is -4.28. The molecule has 3 aromatic carbocycles. The number of para-hydroxylation sites is 1. The summed E-state index contributed by atoms with van der Waals surface area (Å²) < 4.78 is 60.1. The summed E-state index contributed by atoms with van der Waals surface area (Å²) in [5.41, 5.74) is 0.378. The number of amides is 1. The molecule has 3 rings (SSSR count). The lowest BCUT2D eigenvalue weighted by Crippen LogP contribution is -2.42. The summed E-state index contributed by atoms with van der Waals surface area (Å²) in [4.78, 5) is 12.6. The molecule has 0 aliphatic heterocycles. The SMILES string of the molecule is COc1ccc(S(=O)(=O)N(CC(=O)NC(C)c2ccc(F)cc2)c2ccccc2F)cc1. The van der Waals surface area contributed by atoms with Gasteiger partial charge >= 0.3 is 0 Å².